The van der Waals surface area contributed by atoms with E-state index in [1.165, 1.54) is 6.42 Å². The highest BCUT2D eigenvalue weighted by Crippen LogP contribution is 2.20. The SMILES string of the molecule is O=C(NC1CCCCC1)OC(c1ccccc1)[N+](=O)[O-]. The van der Waals surface area contributed by atoms with Crippen molar-refractivity contribution in [3.05, 3.63) is 46.0 Å². The van der Waals surface area contributed by atoms with Crippen LogP contribution in [0.3, 0.4) is 0 Å². The molecule has 0 radical (unpaired) electrons. The van der Waals surface area contributed by atoms with Gasteiger partial charge in [0.1, 0.15) is 0 Å². The van der Waals surface area contributed by atoms with Gasteiger partial charge in [-0.05, 0) is 25.0 Å². The van der Waals surface area contributed by atoms with E-state index in [0.29, 0.717) is 5.56 Å². The van der Waals surface area contributed by atoms with E-state index < -0.39 is 17.2 Å². The first kappa shape index (κ1) is 14.3. The Morgan fingerprint density at radius 1 is 1.25 bits per heavy atom. The molecular formula is C14H18N2O4. The average Bonchev–Trinajstić information content (AvgIpc) is 2.46. The van der Waals surface area contributed by atoms with Crippen LogP contribution in [0.5, 0.6) is 0 Å². The number of hydrogen-bond acceptors (Lipinski definition) is 4. The van der Waals surface area contributed by atoms with Crippen LogP contribution in [0.15, 0.2) is 30.3 Å². The molecule has 1 fully saturated rings. The molecule has 1 aromatic rings. The van der Waals surface area contributed by atoms with Gasteiger partial charge in [-0.25, -0.2) is 4.79 Å². The predicted octanol–water partition coefficient (Wildman–Crippen LogP) is 3.02. The summed E-state index contributed by atoms with van der Waals surface area (Å²) in [4.78, 5) is 22.2. The van der Waals surface area contributed by atoms with Crippen molar-refractivity contribution in [2.24, 2.45) is 0 Å². The van der Waals surface area contributed by atoms with E-state index >= 15 is 0 Å². The number of nitrogens with zero attached hydrogens (tertiary/aromatic N) is 1. The third-order valence-electron chi connectivity index (χ3n) is 3.42. The Hall–Kier alpha value is -2.11. The number of amides is 1. The standard InChI is InChI=1S/C14H18N2O4/c17-14(15-12-9-5-2-6-10-12)20-13(16(18)19)11-7-3-1-4-8-11/h1,3-4,7-8,12-13H,2,5-6,9-10H2,(H,15,17). The molecule has 0 saturated heterocycles. The van der Waals surface area contributed by atoms with E-state index in [9.17, 15) is 14.9 Å². The quantitative estimate of drug-likeness (QED) is 0.521. The predicted molar refractivity (Wildman–Crippen MR) is 72.7 cm³/mol. The number of benzene rings is 1. The van der Waals surface area contributed by atoms with Crippen molar-refractivity contribution >= 4 is 6.09 Å². The lowest BCUT2D eigenvalue weighted by Gasteiger charge is -2.22. The molecule has 1 aromatic carbocycles. The highest BCUT2D eigenvalue weighted by atomic mass is 16.7. The van der Waals surface area contributed by atoms with Crippen LogP contribution in [-0.4, -0.2) is 17.1 Å². The fourth-order valence-corrected chi connectivity index (χ4v) is 2.40. The molecule has 1 atom stereocenters. The van der Waals surface area contributed by atoms with Crippen LogP contribution >= 0.6 is 0 Å². The van der Waals surface area contributed by atoms with Crippen LogP contribution in [-0.2, 0) is 4.74 Å². The zero-order valence-electron chi connectivity index (χ0n) is 11.2. The van der Waals surface area contributed by atoms with Gasteiger partial charge in [0.2, 0.25) is 0 Å². The summed E-state index contributed by atoms with van der Waals surface area (Å²) >= 11 is 0. The number of carbonyl (C=O) groups is 1. The van der Waals surface area contributed by atoms with Crippen LogP contribution in [0.1, 0.15) is 43.9 Å². The molecule has 1 N–H and O–H groups in total. The van der Waals surface area contributed by atoms with Crippen LogP contribution in [0.4, 0.5) is 4.79 Å². The maximum atomic E-state index is 11.8. The van der Waals surface area contributed by atoms with Crippen molar-refractivity contribution in [3.63, 3.8) is 0 Å². The number of alkyl carbamates (subject to hydrolysis) is 1. The number of hydrogen-bond donors (Lipinski definition) is 1. The summed E-state index contributed by atoms with van der Waals surface area (Å²) in [6.45, 7) is 0. The zero-order valence-corrected chi connectivity index (χ0v) is 11.2. The smallest absolute Gasteiger partial charge is 0.377 e. The monoisotopic (exact) mass is 278 g/mol. The molecule has 6 heteroatoms. The second-order valence-corrected chi connectivity index (χ2v) is 4.93. The van der Waals surface area contributed by atoms with Crippen molar-refractivity contribution in [3.8, 4) is 0 Å². The average molecular weight is 278 g/mol. The molecule has 108 valence electrons. The Morgan fingerprint density at radius 3 is 2.50 bits per heavy atom. The molecule has 0 aromatic heterocycles. The second-order valence-electron chi connectivity index (χ2n) is 4.93. The van der Waals surface area contributed by atoms with E-state index in [0.717, 1.165) is 25.7 Å². The number of carbonyl (C=O) groups excluding carboxylic acids is 1. The van der Waals surface area contributed by atoms with Crippen molar-refractivity contribution in [1.82, 2.24) is 5.32 Å². The Morgan fingerprint density at radius 2 is 1.90 bits per heavy atom. The molecule has 1 aliphatic rings. The molecule has 6 nitrogen and oxygen atoms in total. The maximum absolute atomic E-state index is 11.8. The second kappa shape index (κ2) is 6.88. The van der Waals surface area contributed by atoms with Gasteiger partial charge in [0.05, 0.1) is 10.5 Å². The molecule has 0 heterocycles. The van der Waals surface area contributed by atoms with Gasteiger partial charge in [0, 0.05) is 6.04 Å². The van der Waals surface area contributed by atoms with Crippen molar-refractivity contribution < 1.29 is 14.5 Å². The summed E-state index contributed by atoms with van der Waals surface area (Å²) in [5.41, 5.74) is 0.358. The molecule has 1 amide bonds. The van der Waals surface area contributed by atoms with Gasteiger partial charge in [0.15, 0.2) is 0 Å². The first-order chi connectivity index (χ1) is 9.66. The molecule has 0 aliphatic heterocycles. The van der Waals surface area contributed by atoms with Crippen molar-refractivity contribution in [2.75, 3.05) is 0 Å². The lowest BCUT2D eigenvalue weighted by atomic mass is 9.96. The lowest BCUT2D eigenvalue weighted by Crippen LogP contribution is -2.38. The minimum atomic E-state index is -1.46. The summed E-state index contributed by atoms with van der Waals surface area (Å²) < 4.78 is 4.95. The molecule has 1 aliphatic carbocycles. The summed E-state index contributed by atoms with van der Waals surface area (Å²) in [5, 5.41) is 13.7. The van der Waals surface area contributed by atoms with Gasteiger partial charge in [0.25, 0.3) is 0 Å². The minimum Gasteiger partial charge on any atom is -0.377 e. The van der Waals surface area contributed by atoms with Crippen molar-refractivity contribution in [2.45, 2.75) is 44.4 Å². The van der Waals surface area contributed by atoms with Crippen LogP contribution in [0.2, 0.25) is 0 Å². The summed E-state index contributed by atoms with van der Waals surface area (Å²) in [7, 11) is 0. The van der Waals surface area contributed by atoms with Gasteiger partial charge in [-0.1, -0.05) is 37.5 Å². The number of nitrogens with one attached hydrogen (secondary N) is 1. The lowest BCUT2D eigenvalue weighted by molar-refractivity contribution is -0.575. The largest absolute Gasteiger partial charge is 0.412 e. The van der Waals surface area contributed by atoms with Gasteiger partial charge >= 0.3 is 12.3 Å². The first-order valence-corrected chi connectivity index (χ1v) is 6.82. The van der Waals surface area contributed by atoms with Gasteiger partial charge in [-0.3, -0.25) is 10.1 Å². The highest BCUT2D eigenvalue weighted by Gasteiger charge is 2.28. The fraction of sp³-hybridized carbons (Fsp3) is 0.500. The van der Waals surface area contributed by atoms with Crippen LogP contribution < -0.4 is 5.32 Å². The minimum absolute atomic E-state index is 0.0689. The van der Waals surface area contributed by atoms with E-state index in [-0.39, 0.29) is 6.04 Å². The molecule has 0 spiro atoms. The molecule has 0 bridgehead atoms. The van der Waals surface area contributed by atoms with Gasteiger partial charge in [-0.15, -0.1) is 0 Å². The summed E-state index contributed by atoms with van der Waals surface area (Å²) in [6, 6.07) is 8.31. The number of ether oxygens (including phenoxy) is 1. The van der Waals surface area contributed by atoms with E-state index in [1.54, 1.807) is 30.3 Å². The first-order valence-electron chi connectivity index (χ1n) is 6.82. The van der Waals surface area contributed by atoms with Crippen LogP contribution in [0.25, 0.3) is 0 Å². The highest BCUT2D eigenvalue weighted by molar-refractivity contribution is 5.67. The zero-order chi connectivity index (χ0) is 14.4. The van der Waals surface area contributed by atoms with E-state index in [4.69, 9.17) is 4.74 Å². The van der Waals surface area contributed by atoms with Crippen LogP contribution in [0, 0.1) is 10.1 Å². The summed E-state index contributed by atoms with van der Waals surface area (Å²) in [5.74, 6) is 0. The Bertz CT molecular complexity index is 458. The van der Waals surface area contributed by atoms with E-state index in [2.05, 4.69) is 5.32 Å². The van der Waals surface area contributed by atoms with Gasteiger partial charge < -0.3 is 10.1 Å². The molecule has 2 rings (SSSR count). The number of nitro groups is 1. The van der Waals surface area contributed by atoms with Crippen molar-refractivity contribution in [1.29, 1.82) is 0 Å². The summed E-state index contributed by atoms with van der Waals surface area (Å²) in [6.07, 6.45) is 2.95. The van der Waals surface area contributed by atoms with E-state index in [1.807, 2.05) is 0 Å². The Labute approximate surface area is 117 Å². The Kier molecular flexibility index (Phi) is 4.92. The molecule has 20 heavy (non-hydrogen) atoms. The normalized spacial score (nSPS) is 17.2. The Balaban J connectivity index is 1.94. The van der Waals surface area contributed by atoms with Gasteiger partial charge in [-0.2, -0.15) is 0 Å². The third-order valence-corrected chi connectivity index (χ3v) is 3.42. The molecule has 1 saturated carbocycles. The third kappa shape index (κ3) is 3.94. The number of rotatable bonds is 4. The fourth-order valence-electron chi connectivity index (χ4n) is 2.40. The molecular weight excluding hydrogens is 260 g/mol. The molecule has 1 unspecified atom stereocenters. The topological polar surface area (TPSA) is 81.5 Å². The maximum Gasteiger partial charge on any atom is 0.412 e.